The number of furan rings is 1. The van der Waals surface area contributed by atoms with Gasteiger partial charge in [-0.05, 0) is 36.4 Å². The molecule has 0 spiro atoms. The summed E-state index contributed by atoms with van der Waals surface area (Å²) < 4.78 is 32.6. The predicted octanol–water partition coefficient (Wildman–Crippen LogP) is 3.40. The highest BCUT2D eigenvalue weighted by atomic mass is 32.2. The first kappa shape index (κ1) is 20.3. The molecule has 0 fully saturated rings. The van der Waals surface area contributed by atoms with Gasteiger partial charge in [-0.1, -0.05) is 6.07 Å². The predicted molar refractivity (Wildman–Crippen MR) is 112 cm³/mol. The van der Waals surface area contributed by atoms with Gasteiger partial charge < -0.3 is 14.7 Å². The molecule has 2 aromatic heterocycles. The molecule has 2 aromatic carbocycles. The number of non-ortho nitro benzene ring substituents is 1. The van der Waals surface area contributed by atoms with Gasteiger partial charge in [0.15, 0.2) is 0 Å². The van der Waals surface area contributed by atoms with Crippen molar-refractivity contribution < 1.29 is 22.6 Å². The van der Waals surface area contributed by atoms with Crippen molar-refractivity contribution in [2.24, 2.45) is 0 Å². The van der Waals surface area contributed by atoms with E-state index in [1.807, 2.05) is 0 Å². The van der Waals surface area contributed by atoms with Crippen molar-refractivity contribution in [3.8, 4) is 0 Å². The third kappa shape index (κ3) is 4.32. The Labute approximate surface area is 176 Å². The van der Waals surface area contributed by atoms with Crippen LogP contribution in [0, 0.1) is 10.1 Å². The summed E-state index contributed by atoms with van der Waals surface area (Å²) in [6, 6.07) is 13.2. The van der Waals surface area contributed by atoms with Crippen LogP contribution in [0.2, 0.25) is 0 Å². The third-order valence-corrected chi connectivity index (χ3v) is 5.94. The molecule has 0 bridgehead atoms. The molecule has 4 aromatic rings. The topological polar surface area (TPSA) is 147 Å². The molecule has 0 radical (unpaired) electrons. The lowest BCUT2D eigenvalue weighted by Gasteiger charge is -2.09. The molecule has 0 saturated carbocycles. The maximum Gasteiger partial charge on any atom is 0.270 e. The Bertz CT molecular complexity index is 1380. The van der Waals surface area contributed by atoms with Crippen LogP contribution in [0.1, 0.15) is 16.1 Å². The van der Waals surface area contributed by atoms with Gasteiger partial charge in [-0.2, -0.15) is 0 Å². The monoisotopic (exact) mass is 440 g/mol. The standard InChI is InChI=1S/C20H16N4O6S/c25-20(18-12-21-19-7-6-14(24(26)27)10-17(18)19)23-13-3-1-5-16(9-13)31(28,29)22-11-15-4-2-8-30-15/h1-10,12,21-22H,11H2,(H,23,25). The molecule has 10 nitrogen and oxygen atoms in total. The van der Waals surface area contributed by atoms with E-state index in [4.69, 9.17) is 4.42 Å². The highest BCUT2D eigenvalue weighted by molar-refractivity contribution is 7.89. The Balaban J connectivity index is 1.55. The van der Waals surface area contributed by atoms with Crippen LogP contribution in [-0.2, 0) is 16.6 Å². The number of nitrogens with one attached hydrogen (secondary N) is 3. The molecule has 158 valence electrons. The number of sulfonamides is 1. The van der Waals surface area contributed by atoms with Crippen molar-refractivity contribution in [3.63, 3.8) is 0 Å². The molecular formula is C20H16N4O6S. The second kappa shape index (κ2) is 8.05. The van der Waals surface area contributed by atoms with E-state index in [0.717, 1.165) is 0 Å². The van der Waals surface area contributed by atoms with Gasteiger partial charge in [0.25, 0.3) is 11.6 Å². The minimum atomic E-state index is -3.84. The summed E-state index contributed by atoms with van der Waals surface area (Å²) >= 11 is 0. The fraction of sp³-hybridized carbons (Fsp3) is 0.0500. The smallest absolute Gasteiger partial charge is 0.270 e. The largest absolute Gasteiger partial charge is 0.468 e. The fourth-order valence-corrected chi connectivity index (χ4v) is 4.05. The zero-order valence-corrected chi connectivity index (χ0v) is 16.7. The zero-order valence-electron chi connectivity index (χ0n) is 15.9. The Morgan fingerprint density at radius 3 is 2.71 bits per heavy atom. The van der Waals surface area contributed by atoms with Gasteiger partial charge in [-0.15, -0.1) is 0 Å². The van der Waals surface area contributed by atoms with E-state index in [9.17, 15) is 23.3 Å². The van der Waals surface area contributed by atoms with Crippen molar-refractivity contribution in [3.05, 3.63) is 88.5 Å². The molecule has 0 unspecified atom stereocenters. The molecular weight excluding hydrogens is 424 g/mol. The number of nitro benzene ring substituents is 1. The van der Waals surface area contributed by atoms with Crippen LogP contribution in [0.25, 0.3) is 10.9 Å². The Kier molecular flexibility index (Phi) is 5.28. The van der Waals surface area contributed by atoms with E-state index in [-0.39, 0.29) is 28.4 Å². The molecule has 0 aliphatic rings. The Morgan fingerprint density at radius 2 is 1.97 bits per heavy atom. The molecule has 0 aliphatic carbocycles. The average Bonchev–Trinajstić information content (AvgIpc) is 3.42. The molecule has 3 N–H and O–H groups in total. The summed E-state index contributed by atoms with van der Waals surface area (Å²) in [6.07, 6.45) is 2.88. The van der Waals surface area contributed by atoms with E-state index in [2.05, 4.69) is 15.0 Å². The number of hydrogen-bond donors (Lipinski definition) is 3. The first-order valence-electron chi connectivity index (χ1n) is 9.02. The Hall–Kier alpha value is -3.96. The second-order valence-electron chi connectivity index (χ2n) is 6.58. The van der Waals surface area contributed by atoms with Crippen molar-refractivity contribution >= 4 is 38.2 Å². The molecule has 0 saturated heterocycles. The number of anilines is 1. The number of benzene rings is 2. The number of aromatic nitrogens is 1. The first-order chi connectivity index (χ1) is 14.8. The lowest BCUT2D eigenvalue weighted by atomic mass is 10.1. The number of rotatable bonds is 7. The SMILES string of the molecule is O=C(Nc1cccc(S(=O)(=O)NCc2ccco2)c1)c1c[nH]c2ccc([N+](=O)[O-])cc12. The molecule has 0 aliphatic heterocycles. The maximum absolute atomic E-state index is 12.7. The average molecular weight is 440 g/mol. The van der Waals surface area contributed by atoms with Crippen LogP contribution in [0.4, 0.5) is 11.4 Å². The van der Waals surface area contributed by atoms with Gasteiger partial charge in [0.05, 0.1) is 28.2 Å². The highest BCUT2D eigenvalue weighted by Gasteiger charge is 2.18. The number of fused-ring (bicyclic) bond motifs is 1. The minimum Gasteiger partial charge on any atom is -0.468 e. The van der Waals surface area contributed by atoms with E-state index in [0.29, 0.717) is 16.7 Å². The zero-order chi connectivity index (χ0) is 22.0. The van der Waals surface area contributed by atoms with Crippen molar-refractivity contribution in [1.82, 2.24) is 9.71 Å². The van der Waals surface area contributed by atoms with E-state index >= 15 is 0 Å². The molecule has 11 heteroatoms. The van der Waals surface area contributed by atoms with Crippen LogP contribution in [0.5, 0.6) is 0 Å². The number of carbonyl (C=O) groups is 1. The lowest BCUT2D eigenvalue weighted by Crippen LogP contribution is -2.23. The van der Waals surface area contributed by atoms with Crippen LogP contribution in [0.3, 0.4) is 0 Å². The summed E-state index contributed by atoms with van der Waals surface area (Å²) in [5.41, 5.74) is 0.875. The normalized spacial score (nSPS) is 11.5. The molecule has 31 heavy (non-hydrogen) atoms. The Morgan fingerprint density at radius 1 is 1.13 bits per heavy atom. The van der Waals surface area contributed by atoms with Gasteiger partial charge in [0.1, 0.15) is 5.76 Å². The summed E-state index contributed by atoms with van der Waals surface area (Å²) in [7, 11) is -3.84. The van der Waals surface area contributed by atoms with E-state index < -0.39 is 20.9 Å². The first-order valence-corrected chi connectivity index (χ1v) is 10.5. The maximum atomic E-state index is 12.7. The molecule has 4 rings (SSSR count). The summed E-state index contributed by atoms with van der Waals surface area (Å²) in [4.78, 5) is 26.1. The number of aromatic amines is 1. The molecule has 2 heterocycles. The van der Waals surface area contributed by atoms with Crippen LogP contribution < -0.4 is 10.0 Å². The van der Waals surface area contributed by atoms with Gasteiger partial charge in [-0.25, -0.2) is 13.1 Å². The van der Waals surface area contributed by atoms with Crippen molar-refractivity contribution in [1.29, 1.82) is 0 Å². The van der Waals surface area contributed by atoms with Crippen molar-refractivity contribution in [2.75, 3.05) is 5.32 Å². The van der Waals surface area contributed by atoms with Gasteiger partial charge >= 0.3 is 0 Å². The second-order valence-corrected chi connectivity index (χ2v) is 8.34. The highest BCUT2D eigenvalue weighted by Crippen LogP contribution is 2.25. The van der Waals surface area contributed by atoms with Gasteiger partial charge in [-0.3, -0.25) is 14.9 Å². The van der Waals surface area contributed by atoms with Crippen LogP contribution in [-0.4, -0.2) is 24.2 Å². The molecule has 0 atom stereocenters. The van der Waals surface area contributed by atoms with Gasteiger partial charge in [0, 0.05) is 34.9 Å². The third-order valence-electron chi connectivity index (χ3n) is 4.54. The number of H-pyrrole nitrogens is 1. The lowest BCUT2D eigenvalue weighted by molar-refractivity contribution is -0.384. The summed E-state index contributed by atoms with van der Waals surface area (Å²) in [6.45, 7) is -0.0139. The van der Waals surface area contributed by atoms with Crippen LogP contribution >= 0.6 is 0 Å². The molecule has 1 amide bonds. The number of amides is 1. The van der Waals surface area contributed by atoms with Gasteiger partial charge in [0.2, 0.25) is 10.0 Å². The summed E-state index contributed by atoms with van der Waals surface area (Å²) in [5, 5.41) is 14.0. The summed E-state index contributed by atoms with van der Waals surface area (Å²) in [5.74, 6) is -0.0775. The van der Waals surface area contributed by atoms with Crippen LogP contribution in [0.15, 0.2) is 76.4 Å². The fourth-order valence-electron chi connectivity index (χ4n) is 3.01. The van der Waals surface area contributed by atoms with E-state index in [1.165, 1.54) is 48.9 Å². The number of nitrogens with zero attached hydrogens (tertiary/aromatic N) is 1. The quantitative estimate of drug-likeness (QED) is 0.296. The van der Waals surface area contributed by atoms with E-state index in [1.54, 1.807) is 18.2 Å². The van der Waals surface area contributed by atoms with Crippen molar-refractivity contribution in [2.45, 2.75) is 11.4 Å². The number of nitro groups is 1. The number of carbonyl (C=O) groups excluding carboxylic acids is 1. The number of hydrogen-bond acceptors (Lipinski definition) is 6. The minimum absolute atomic E-state index is 0.0139.